The fourth-order valence-corrected chi connectivity index (χ4v) is 2.88. The molecule has 2 rings (SSSR count). The van der Waals surface area contributed by atoms with Gasteiger partial charge in [0, 0.05) is 19.0 Å². The Bertz CT molecular complexity index is 259. The van der Waals surface area contributed by atoms with E-state index >= 15 is 0 Å². The maximum absolute atomic E-state index is 13.3. The molecule has 0 aromatic carbocycles. The normalized spacial score (nSPS) is 42.5. The lowest BCUT2D eigenvalue weighted by atomic mass is 9.94. The molecule has 1 unspecified atom stereocenters. The standard InChI is InChI=1S/C10H16FNO2/c1-7-3-4-10(9(13)14-2)5-8(11)6-12(7)10/h7-8H,3-6H2,1-2H3/t7?,8-,10-/m1/s1. The molecule has 0 aliphatic carbocycles. The summed E-state index contributed by atoms with van der Waals surface area (Å²) in [6.07, 6.45) is 1.13. The average molecular weight is 201 g/mol. The minimum atomic E-state index is -0.878. The molecule has 4 heteroatoms. The van der Waals surface area contributed by atoms with E-state index in [9.17, 15) is 9.18 Å². The first-order valence-electron chi connectivity index (χ1n) is 5.09. The van der Waals surface area contributed by atoms with Crippen molar-refractivity contribution in [1.29, 1.82) is 0 Å². The Labute approximate surface area is 83.2 Å². The van der Waals surface area contributed by atoms with Crippen molar-refractivity contribution >= 4 is 5.97 Å². The number of carbonyl (C=O) groups is 1. The smallest absolute Gasteiger partial charge is 0.326 e. The van der Waals surface area contributed by atoms with Crippen molar-refractivity contribution in [2.45, 2.75) is 43.9 Å². The van der Waals surface area contributed by atoms with Crippen molar-refractivity contribution in [3.05, 3.63) is 0 Å². The van der Waals surface area contributed by atoms with Crippen LogP contribution < -0.4 is 0 Å². The van der Waals surface area contributed by atoms with Crippen molar-refractivity contribution in [2.75, 3.05) is 13.7 Å². The van der Waals surface area contributed by atoms with Gasteiger partial charge in [0.15, 0.2) is 0 Å². The van der Waals surface area contributed by atoms with E-state index in [0.29, 0.717) is 19.0 Å². The molecule has 2 saturated heterocycles. The van der Waals surface area contributed by atoms with Gasteiger partial charge in [-0.25, -0.2) is 4.39 Å². The molecule has 0 N–H and O–H groups in total. The summed E-state index contributed by atoms with van der Waals surface area (Å²) in [5, 5.41) is 0. The van der Waals surface area contributed by atoms with E-state index in [1.807, 2.05) is 11.8 Å². The number of esters is 1. The van der Waals surface area contributed by atoms with Crippen LogP contribution >= 0.6 is 0 Å². The number of fused-ring (bicyclic) bond motifs is 1. The molecule has 0 saturated carbocycles. The number of methoxy groups -OCH3 is 1. The van der Waals surface area contributed by atoms with E-state index in [2.05, 4.69) is 0 Å². The van der Waals surface area contributed by atoms with Gasteiger partial charge in [-0.15, -0.1) is 0 Å². The van der Waals surface area contributed by atoms with E-state index < -0.39 is 11.7 Å². The SMILES string of the molecule is COC(=O)[C@]12CCC(C)N1C[C@H](F)C2. The van der Waals surface area contributed by atoms with E-state index in [-0.39, 0.29) is 5.97 Å². The van der Waals surface area contributed by atoms with Gasteiger partial charge in [-0.1, -0.05) is 0 Å². The van der Waals surface area contributed by atoms with Crippen LogP contribution in [0, 0.1) is 0 Å². The minimum absolute atomic E-state index is 0.262. The van der Waals surface area contributed by atoms with Gasteiger partial charge in [-0.05, 0) is 19.8 Å². The lowest BCUT2D eigenvalue weighted by molar-refractivity contribution is -0.152. The average Bonchev–Trinajstić information content (AvgIpc) is 2.64. The molecule has 2 fully saturated rings. The molecule has 0 aromatic rings. The number of nitrogens with zero attached hydrogens (tertiary/aromatic N) is 1. The molecule has 80 valence electrons. The molecule has 2 aliphatic rings. The quantitative estimate of drug-likeness (QED) is 0.595. The van der Waals surface area contributed by atoms with Crippen molar-refractivity contribution in [1.82, 2.24) is 4.90 Å². The predicted molar refractivity (Wildman–Crippen MR) is 49.7 cm³/mol. The number of ether oxygens (including phenoxy) is 1. The molecule has 0 aromatic heterocycles. The highest BCUT2D eigenvalue weighted by molar-refractivity contribution is 5.82. The second-order valence-corrected chi connectivity index (χ2v) is 4.36. The Hall–Kier alpha value is -0.640. The number of rotatable bonds is 1. The molecule has 2 aliphatic heterocycles. The second kappa shape index (κ2) is 3.19. The molecule has 0 spiro atoms. The second-order valence-electron chi connectivity index (χ2n) is 4.36. The predicted octanol–water partition coefficient (Wildman–Crippen LogP) is 1.12. The number of halogens is 1. The van der Waals surface area contributed by atoms with Crippen molar-refractivity contribution < 1.29 is 13.9 Å². The van der Waals surface area contributed by atoms with Crippen LogP contribution in [0.25, 0.3) is 0 Å². The molecule has 3 nitrogen and oxygen atoms in total. The zero-order valence-corrected chi connectivity index (χ0v) is 8.62. The third-order valence-corrected chi connectivity index (χ3v) is 3.58. The van der Waals surface area contributed by atoms with Crippen LogP contribution in [-0.2, 0) is 9.53 Å². The summed E-state index contributed by atoms with van der Waals surface area (Å²) in [6, 6.07) is 0.301. The maximum atomic E-state index is 13.3. The van der Waals surface area contributed by atoms with Crippen LogP contribution in [0.4, 0.5) is 4.39 Å². The molecule has 0 amide bonds. The van der Waals surface area contributed by atoms with Gasteiger partial charge in [0.1, 0.15) is 11.7 Å². The Morgan fingerprint density at radius 1 is 1.64 bits per heavy atom. The fourth-order valence-electron chi connectivity index (χ4n) is 2.88. The van der Waals surface area contributed by atoms with Crippen LogP contribution in [0.15, 0.2) is 0 Å². The topological polar surface area (TPSA) is 29.5 Å². The van der Waals surface area contributed by atoms with Crippen LogP contribution in [0.5, 0.6) is 0 Å². The first kappa shape index (κ1) is 9.90. The molecule has 0 radical (unpaired) electrons. The lowest BCUT2D eigenvalue weighted by Crippen LogP contribution is -2.48. The van der Waals surface area contributed by atoms with E-state index in [1.54, 1.807) is 0 Å². The third kappa shape index (κ3) is 1.16. The fraction of sp³-hybridized carbons (Fsp3) is 0.900. The van der Waals surface area contributed by atoms with Gasteiger partial charge in [0.05, 0.1) is 7.11 Å². The Kier molecular flexibility index (Phi) is 2.26. The Morgan fingerprint density at radius 3 is 3.00 bits per heavy atom. The maximum Gasteiger partial charge on any atom is 0.326 e. The Balaban J connectivity index is 2.27. The summed E-state index contributed by atoms with van der Waals surface area (Å²) in [7, 11) is 1.38. The highest BCUT2D eigenvalue weighted by Crippen LogP contribution is 2.43. The number of hydrogen-bond donors (Lipinski definition) is 0. The summed E-state index contributed by atoms with van der Waals surface area (Å²) in [5.41, 5.74) is -0.645. The van der Waals surface area contributed by atoms with Gasteiger partial charge >= 0.3 is 5.97 Å². The van der Waals surface area contributed by atoms with E-state index in [1.165, 1.54) is 7.11 Å². The van der Waals surface area contributed by atoms with Gasteiger partial charge in [0.25, 0.3) is 0 Å². The van der Waals surface area contributed by atoms with E-state index in [4.69, 9.17) is 4.74 Å². The van der Waals surface area contributed by atoms with Gasteiger partial charge in [-0.3, -0.25) is 9.69 Å². The molecule has 0 bridgehead atoms. The summed E-state index contributed by atoms with van der Waals surface area (Å²) in [5.74, 6) is -0.262. The summed E-state index contributed by atoms with van der Waals surface area (Å²) in [4.78, 5) is 13.7. The zero-order valence-electron chi connectivity index (χ0n) is 8.62. The largest absolute Gasteiger partial charge is 0.468 e. The molecular weight excluding hydrogens is 185 g/mol. The number of alkyl halides is 1. The van der Waals surface area contributed by atoms with Crippen LogP contribution in [0.3, 0.4) is 0 Å². The first-order chi connectivity index (χ1) is 6.60. The highest BCUT2D eigenvalue weighted by Gasteiger charge is 2.57. The van der Waals surface area contributed by atoms with Crippen molar-refractivity contribution in [3.8, 4) is 0 Å². The van der Waals surface area contributed by atoms with Crippen LogP contribution in [0.1, 0.15) is 26.2 Å². The van der Waals surface area contributed by atoms with Gasteiger partial charge in [-0.2, -0.15) is 0 Å². The molecule has 3 atom stereocenters. The van der Waals surface area contributed by atoms with Crippen molar-refractivity contribution in [2.24, 2.45) is 0 Å². The van der Waals surface area contributed by atoms with Crippen LogP contribution in [-0.4, -0.2) is 42.3 Å². The first-order valence-corrected chi connectivity index (χ1v) is 5.09. The van der Waals surface area contributed by atoms with Crippen molar-refractivity contribution in [3.63, 3.8) is 0 Å². The number of carbonyl (C=O) groups excluding carboxylic acids is 1. The van der Waals surface area contributed by atoms with Crippen LogP contribution in [0.2, 0.25) is 0 Å². The Morgan fingerprint density at radius 2 is 2.36 bits per heavy atom. The number of hydrogen-bond acceptors (Lipinski definition) is 3. The van der Waals surface area contributed by atoms with Gasteiger partial charge in [0.2, 0.25) is 0 Å². The summed E-state index contributed by atoms with van der Waals surface area (Å²) in [6.45, 7) is 2.43. The lowest BCUT2D eigenvalue weighted by Gasteiger charge is -2.30. The zero-order chi connectivity index (χ0) is 10.3. The highest BCUT2D eigenvalue weighted by atomic mass is 19.1. The van der Waals surface area contributed by atoms with Gasteiger partial charge < -0.3 is 4.74 Å². The monoisotopic (exact) mass is 201 g/mol. The molecule has 2 heterocycles. The minimum Gasteiger partial charge on any atom is -0.468 e. The molecular formula is C10H16FNO2. The van der Waals surface area contributed by atoms with E-state index in [0.717, 1.165) is 12.8 Å². The summed E-state index contributed by atoms with van der Waals surface area (Å²) >= 11 is 0. The summed E-state index contributed by atoms with van der Waals surface area (Å²) < 4.78 is 18.1. The molecule has 14 heavy (non-hydrogen) atoms. The third-order valence-electron chi connectivity index (χ3n) is 3.58.